The number of benzene rings is 2. The number of amides is 1. The van der Waals surface area contributed by atoms with Crippen LogP contribution in [0, 0.1) is 5.92 Å². The zero-order valence-electron chi connectivity index (χ0n) is 21.1. The minimum atomic E-state index is -0.530. The summed E-state index contributed by atoms with van der Waals surface area (Å²) in [5.74, 6) is 0.355. The first-order valence-electron chi connectivity index (χ1n) is 12.9. The van der Waals surface area contributed by atoms with Crippen LogP contribution in [0.1, 0.15) is 72.9 Å². The van der Waals surface area contributed by atoms with Gasteiger partial charge in [-0.1, -0.05) is 66.4 Å². The van der Waals surface area contributed by atoms with Crippen LogP contribution in [0.3, 0.4) is 0 Å². The summed E-state index contributed by atoms with van der Waals surface area (Å²) in [5.41, 5.74) is 1.49. The van der Waals surface area contributed by atoms with Gasteiger partial charge in [0.1, 0.15) is 12.4 Å². The fourth-order valence-corrected chi connectivity index (χ4v) is 6.09. The Hall–Kier alpha value is -2.83. The maximum atomic E-state index is 13.8. The minimum Gasteiger partial charge on any atom is -0.481 e. The second-order valence-corrected chi connectivity index (χ2v) is 11.0. The molecule has 8 heteroatoms. The summed E-state index contributed by atoms with van der Waals surface area (Å²) in [6, 6.07) is 15.0. The van der Waals surface area contributed by atoms with Gasteiger partial charge in [-0.15, -0.1) is 0 Å². The molecule has 0 radical (unpaired) electrons. The molecule has 0 spiro atoms. The Labute approximate surface area is 227 Å². The van der Waals surface area contributed by atoms with Crippen molar-refractivity contribution in [2.24, 2.45) is 5.92 Å². The molecule has 1 aromatic heterocycles. The van der Waals surface area contributed by atoms with Gasteiger partial charge in [0.2, 0.25) is 5.75 Å². The van der Waals surface area contributed by atoms with Crippen molar-refractivity contribution in [3.63, 3.8) is 0 Å². The zero-order chi connectivity index (χ0) is 26.1. The first-order chi connectivity index (χ1) is 17.8. The number of hydrogen-bond donors (Lipinski definition) is 0. The number of nitrogens with zero attached hydrogens (tertiary/aromatic N) is 3. The Morgan fingerprint density at radius 2 is 1.76 bits per heavy atom. The van der Waals surface area contributed by atoms with Crippen LogP contribution in [0.15, 0.2) is 53.3 Å². The molecule has 2 aromatic carbocycles. The van der Waals surface area contributed by atoms with Gasteiger partial charge in [-0.25, -0.2) is 0 Å². The second-order valence-electron chi connectivity index (χ2n) is 10.2. The Bertz CT molecular complexity index is 1350. The Morgan fingerprint density at radius 1 is 1.03 bits per heavy atom. The maximum Gasteiger partial charge on any atom is 0.316 e. The van der Waals surface area contributed by atoms with Gasteiger partial charge in [-0.05, 0) is 61.9 Å². The summed E-state index contributed by atoms with van der Waals surface area (Å²) in [4.78, 5) is 33.8. The fourth-order valence-electron chi connectivity index (χ4n) is 5.68. The van der Waals surface area contributed by atoms with Gasteiger partial charge >= 0.3 is 5.56 Å². The first-order valence-corrected chi connectivity index (χ1v) is 13.7. The number of fused-ring (bicyclic) bond motifs is 1. The highest BCUT2D eigenvalue weighted by atomic mass is 35.5. The van der Waals surface area contributed by atoms with Gasteiger partial charge in [-0.3, -0.25) is 9.59 Å². The number of carbonyl (C=O) groups is 1. The highest BCUT2D eigenvalue weighted by Crippen LogP contribution is 2.44. The van der Waals surface area contributed by atoms with Gasteiger partial charge in [0.25, 0.3) is 5.91 Å². The van der Waals surface area contributed by atoms with Crippen LogP contribution in [0.4, 0.5) is 0 Å². The van der Waals surface area contributed by atoms with E-state index in [2.05, 4.69) is 4.98 Å². The molecule has 5 rings (SSSR count). The lowest BCUT2D eigenvalue weighted by Gasteiger charge is -2.36. The van der Waals surface area contributed by atoms with Crippen LogP contribution < -0.4 is 10.3 Å². The monoisotopic (exact) mass is 539 g/mol. The molecule has 194 valence electrons. The fraction of sp³-hybridized carbons (Fsp3) is 0.414. The largest absolute Gasteiger partial charge is 0.481 e. The van der Waals surface area contributed by atoms with E-state index in [0.29, 0.717) is 29.0 Å². The molecule has 1 unspecified atom stereocenters. The molecule has 0 saturated heterocycles. The van der Waals surface area contributed by atoms with Gasteiger partial charge in [0.15, 0.2) is 5.69 Å². The topological polar surface area (TPSA) is 64.4 Å². The number of halogens is 2. The highest BCUT2D eigenvalue weighted by molar-refractivity contribution is 6.33. The van der Waals surface area contributed by atoms with E-state index in [9.17, 15) is 9.59 Å². The average molecular weight is 540 g/mol. The first kappa shape index (κ1) is 25.8. The molecule has 0 N–H and O–H groups in total. The molecule has 1 fully saturated rings. The molecule has 1 saturated carbocycles. The summed E-state index contributed by atoms with van der Waals surface area (Å²) in [5, 5.41) is 1.16. The lowest BCUT2D eigenvalue weighted by Crippen LogP contribution is -2.47. The normalized spacial score (nSPS) is 16.8. The molecular weight excluding hydrogens is 509 g/mol. The van der Waals surface area contributed by atoms with Crippen molar-refractivity contribution < 1.29 is 9.53 Å². The van der Waals surface area contributed by atoms with Crippen LogP contribution in [-0.2, 0) is 13.2 Å². The quantitative estimate of drug-likeness (QED) is 0.352. The van der Waals surface area contributed by atoms with Crippen LogP contribution in [0.25, 0.3) is 0 Å². The van der Waals surface area contributed by atoms with E-state index in [1.54, 1.807) is 17.0 Å². The lowest BCUT2D eigenvalue weighted by molar-refractivity contribution is 0.0633. The van der Waals surface area contributed by atoms with Crippen molar-refractivity contribution in [3.8, 4) is 5.75 Å². The predicted octanol–water partition coefficient (Wildman–Crippen LogP) is 6.32. The number of rotatable bonds is 7. The SMILES string of the molecule is CC(C)N1CCn2c(C(c3cc(Cl)ccc3Cl)C3CCCC3)nc(=O)c(OCc3ccccc3)c2C1=O. The third kappa shape index (κ3) is 5.14. The van der Waals surface area contributed by atoms with Crippen molar-refractivity contribution in [3.05, 3.63) is 91.6 Å². The van der Waals surface area contributed by atoms with Gasteiger partial charge in [-0.2, -0.15) is 4.98 Å². The van der Waals surface area contributed by atoms with Crippen LogP contribution in [-0.4, -0.2) is 32.9 Å². The molecule has 1 amide bonds. The third-order valence-corrected chi connectivity index (χ3v) is 8.07. The Morgan fingerprint density at radius 3 is 2.46 bits per heavy atom. The van der Waals surface area contributed by atoms with Crippen molar-refractivity contribution in [2.45, 2.75) is 64.6 Å². The highest BCUT2D eigenvalue weighted by Gasteiger charge is 2.38. The van der Waals surface area contributed by atoms with Crippen LogP contribution in [0.5, 0.6) is 5.75 Å². The van der Waals surface area contributed by atoms with Crippen molar-refractivity contribution in [1.29, 1.82) is 0 Å². The minimum absolute atomic E-state index is 0.00492. The number of hydrogen-bond acceptors (Lipinski definition) is 4. The van der Waals surface area contributed by atoms with E-state index in [-0.39, 0.29) is 41.8 Å². The van der Waals surface area contributed by atoms with E-state index in [1.807, 2.05) is 54.8 Å². The smallest absolute Gasteiger partial charge is 0.316 e. The molecule has 1 aliphatic heterocycles. The molecule has 37 heavy (non-hydrogen) atoms. The van der Waals surface area contributed by atoms with E-state index in [0.717, 1.165) is 36.8 Å². The standard InChI is InChI=1S/C29H31Cl2N3O3/c1-18(2)33-14-15-34-25(29(33)36)26(37-17-19-8-4-3-5-9-19)28(35)32-27(34)24(20-10-6-7-11-20)22-16-21(30)12-13-23(22)31/h3-5,8-9,12-13,16,18,20,24H,6-7,10-11,14-15,17H2,1-2H3. The van der Waals surface area contributed by atoms with E-state index in [4.69, 9.17) is 27.9 Å². The molecular formula is C29H31Cl2N3O3. The average Bonchev–Trinajstić information content (AvgIpc) is 3.41. The van der Waals surface area contributed by atoms with Gasteiger partial charge in [0.05, 0.1) is 0 Å². The van der Waals surface area contributed by atoms with E-state index in [1.165, 1.54) is 0 Å². The van der Waals surface area contributed by atoms with Crippen molar-refractivity contribution in [2.75, 3.05) is 6.54 Å². The summed E-state index contributed by atoms with van der Waals surface area (Å²) in [6.07, 6.45) is 4.21. The molecule has 1 atom stereocenters. The lowest BCUT2D eigenvalue weighted by atomic mass is 9.83. The zero-order valence-corrected chi connectivity index (χ0v) is 22.6. The van der Waals surface area contributed by atoms with Gasteiger partial charge < -0.3 is 14.2 Å². The number of aromatic nitrogens is 2. The molecule has 3 aromatic rings. The van der Waals surface area contributed by atoms with Crippen molar-refractivity contribution >= 4 is 29.1 Å². The molecule has 1 aliphatic carbocycles. The van der Waals surface area contributed by atoms with E-state index < -0.39 is 5.56 Å². The maximum absolute atomic E-state index is 13.8. The van der Waals surface area contributed by atoms with Gasteiger partial charge in [0, 0.05) is 35.1 Å². The van der Waals surface area contributed by atoms with Crippen LogP contribution in [0.2, 0.25) is 10.0 Å². The molecule has 0 bridgehead atoms. The summed E-state index contributed by atoms with van der Waals surface area (Å²) < 4.78 is 7.94. The third-order valence-electron chi connectivity index (χ3n) is 7.49. The predicted molar refractivity (Wildman–Crippen MR) is 146 cm³/mol. The number of ether oxygens (including phenoxy) is 1. The van der Waals surface area contributed by atoms with Crippen molar-refractivity contribution in [1.82, 2.24) is 14.5 Å². The summed E-state index contributed by atoms with van der Waals surface area (Å²) in [7, 11) is 0. The van der Waals surface area contributed by atoms with E-state index >= 15 is 0 Å². The molecule has 6 nitrogen and oxygen atoms in total. The Balaban J connectivity index is 1.68. The summed E-state index contributed by atoms with van der Waals surface area (Å²) >= 11 is 13.1. The second kappa shape index (κ2) is 10.9. The molecule has 2 heterocycles. The summed E-state index contributed by atoms with van der Waals surface area (Å²) in [6.45, 7) is 5.17. The van der Waals surface area contributed by atoms with Crippen LogP contribution >= 0.6 is 23.2 Å². The Kier molecular flexibility index (Phi) is 7.59. The molecule has 2 aliphatic rings. The number of carbonyl (C=O) groups excluding carboxylic acids is 1.